The maximum atomic E-state index is 11.9. The van der Waals surface area contributed by atoms with Crippen LogP contribution in [-0.4, -0.2) is 19.0 Å². The van der Waals surface area contributed by atoms with Crippen LogP contribution in [-0.2, 0) is 16.0 Å². The van der Waals surface area contributed by atoms with Gasteiger partial charge in [-0.15, -0.1) is 0 Å². The normalized spacial score (nSPS) is 15.3. The van der Waals surface area contributed by atoms with Gasteiger partial charge in [-0.1, -0.05) is 40.2 Å². The van der Waals surface area contributed by atoms with Gasteiger partial charge in [0, 0.05) is 10.9 Å². The standard InChI is InChI=1S/C19H16BrNO3/c1-23-16-8-5-13(6-9-16)7-10-18-21-17(19(22)24-18)12-14-3-2-4-15(20)11-14/h2-6,8-9,11-12H,7,10H2,1H3/b17-12+. The van der Waals surface area contributed by atoms with Crippen molar-refractivity contribution < 1.29 is 14.3 Å². The van der Waals surface area contributed by atoms with Gasteiger partial charge in [-0.25, -0.2) is 9.79 Å². The highest BCUT2D eigenvalue weighted by molar-refractivity contribution is 9.10. The van der Waals surface area contributed by atoms with Crippen molar-refractivity contribution in [2.75, 3.05) is 7.11 Å². The number of carbonyl (C=O) groups excluding carboxylic acids is 1. The summed E-state index contributed by atoms with van der Waals surface area (Å²) in [6.45, 7) is 0. The van der Waals surface area contributed by atoms with E-state index in [4.69, 9.17) is 9.47 Å². The first kappa shape index (κ1) is 16.5. The number of halogens is 1. The zero-order valence-electron chi connectivity index (χ0n) is 13.2. The lowest BCUT2D eigenvalue weighted by atomic mass is 10.1. The van der Waals surface area contributed by atoms with Gasteiger partial charge in [-0.05, 0) is 47.9 Å². The van der Waals surface area contributed by atoms with E-state index in [0.717, 1.165) is 27.8 Å². The summed E-state index contributed by atoms with van der Waals surface area (Å²) in [6, 6.07) is 15.5. The highest BCUT2D eigenvalue weighted by atomic mass is 79.9. The molecule has 2 aromatic rings. The second-order valence-corrected chi connectivity index (χ2v) is 6.24. The van der Waals surface area contributed by atoms with Crippen molar-refractivity contribution in [1.82, 2.24) is 0 Å². The quantitative estimate of drug-likeness (QED) is 0.566. The maximum Gasteiger partial charge on any atom is 0.363 e. The van der Waals surface area contributed by atoms with Gasteiger partial charge >= 0.3 is 5.97 Å². The van der Waals surface area contributed by atoms with E-state index in [0.29, 0.717) is 18.0 Å². The van der Waals surface area contributed by atoms with E-state index in [-0.39, 0.29) is 0 Å². The van der Waals surface area contributed by atoms with Gasteiger partial charge in [-0.2, -0.15) is 0 Å². The van der Waals surface area contributed by atoms with E-state index in [9.17, 15) is 4.79 Å². The van der Waals surface area contributed by atoms with Crippen LogP contribution in [0, 0.1) is 0 Å². The lowest BCUT2D eigenvalue weighted by Gasteiger charge is -2.03. The Balaban J connectivity index is 1.67. The number of methoxy groups -OCH3 is 1. The van der Waals surface area contributed by atoms with Crippen LogP contribution in [0.4, 0.5) is 0 Å². The van der Waals surface area contributed by atoms with Crippen LogP contribution < -0.4 is 4.74 Å². The summed E-state index contributed by atoms with van der Waals surface area (Å²) in [5, 5.41) is 0. The molecule has 5 heteroatoms. The van der Waals surface area contributed by atoms with Gasteiger partial charge in [0.05, 0.1) is 7.11 Å². The maximum absolute atomic E-state index is 11.9. The van der Waals surface area contributed by atoms with Crippen LogP contribution in [0.5, 0.6) is 5.75 Å². The third-order valence-electron chi connectivity index (χ3n) is 3.60. The van der Waals surface area contributed by atoms with Crippen LogP contribution in [0.25, 0.3) is 6.08 Å². The zero-order chi connectivity index (χ0) is 16.9. The molecule has 0 spiro atoms. The van der Waals surface area contributed by atoms with E-state index < -0.39 is 5.97 Å². The highest BCUT2D eigenvalue weighted by Gasteiger charge is 2.22. The summed E-state index contributed by atoms with van der Waals surface area (Å²) in [6.07, 6.45) is 3.06. The van der Waals surface area contributed by atoms with Crippen molar-refractivity contribution in [3.8, 4) is 5.75 Å². The second kappa shape index (κ2) is 7.45. The van der Waals surface area contributed by atoms with E-state index in [2.05, 4.69) is 20.9 Å². The number of aliphatic imine (C=N–C) groups is 1. The van der Waals surface area contributed by atoms with Gasteiger partial charge in [0.2, 0.25) is 0 Å². The van der Waals surface area contributed by atoms with E-state index in [1.54, 1.807) is 13.2 Å². The van der Waals surface area contributed by atoms with E-state index >= 15 is 0 Å². The summed E-state index contributed by atoms with van der Waals surface area (Å²) in [5.74, 6) is 0.874. The van der Waals surface area contributed by atoms with Gasteiger partial charge in [0.15, 0.2) is 11.6 Å². The number of aryl methyl sites for hydroxylation is 1. The van der Waals surface area contributed by atoms with Crippen molar-refractivity contribution in [2.24, 2.45) is 4.99 Å². The first-order chi connectivity index (χ1) is 11.6. The lowest BCUT2D eigenvalue weighted by Crippen LogP contribution is -2.05. The fourth-order valence-corrected chi connectivity index (χ4v) is 2.77. The van der Waals surface area contributed by atoms with Crippen LogP contribution >= 0.6 is 15.9 Å². The Morgan fingerprint density at radius 3 is 2.67 bits per heavy atom. The molecule has 0 radical (unpaired) electrons. The molecule has 0 N–H and O–H groups in total. The van der Waals surface area contributed by atoms with Gasteiger partial charge in [0.25, 0.3) is 0 Å². The molecular formula is C19H16BrNO3. The third kappa shape index (κ3) is 4.11. The first-order valence-corrected chi connectivity index (χ1v) is 8.33. The summed E-state index contributed by atoms with van der Waals surface area (Å²) in [7, 11) is 1.64. The molecule has 1 heterocycles. The molecule has 0 amide bonds. The van der Waals surface area contributed by atoms with E-state index in [1.807, 2.05) is 48.5 Å². The molecule has 4 nitrogen and oxygen atoms in total. The zero-order valence-corrected chi connectivity index (χ0v) is 14.7. The molecular weight excluding hydrogens is 370 g/mol. The Morgan fingerprint density at radius 1 is 1.17 bits per heavy atom. The minimum Gasteiger partial charge on any atom is -0.497 e. The third-order valence-corrected chi connectivity index (χ3v) is 4.10. The van der Waals surface area contributed by atoms with Gasteiger partial charge in [-0.3, -0.25) is 0 Å². The van der Waals surface area contributed by atoms with Crippen LogP contribution in [0.2, 0.25) is 0 Å². The molecule has 0 atom stereocenters. The molecule has 122 valence electrons. The summed E-state index contributed by atoms with van der Waals surface area (Å²) < 4.78 is 11.3. The molecule has 0 saturated carbocycles. The molecule has 1 aliphatic heterocycles. The van der Waals surface area contributed by atoms with Crippen molar-refractivity contribution in [1.29, 1.82) is 0 Å². The average Bonchev–Trinajstić information content (AvgIpc) is 2.93. The smallest absolute Gasteiger partial charge is 0.363 e. The Labute approximate surface area is 148 Å². The lowest BCUT2D eigenvalue weighted by molar-refractivity contribution is -0.130. The fourth-order valence-electron chi connectivity index (χ4n) is 2.36. The summed E-state index contributed by atoms with van der Waals surface area (Å²) in [5.41, 5.74) is 2.37. The molecule has 0 aromatic heterocycles. The largest absolute Gasteiger partial charge is 0.497 e. The summed E-state index contributed by atoms with van der Waals surface area (Å²) in [4.78, 5) is 16.2. The number of ether oxygens (including phenoxy) is 2. The van der Waals surface area contributed by atoms with Crippen molar-refractivity contribution >= 4 is 33.9 Å². The monoisotopic (exact) mass is 385 g/mol. The SMILES string of the molecule is COc1ccc(CCC2=N/C(=C/c3cccc(Br)c3)C(=O)O2)cc1. The predicted octanol–water partition coefficient (Wildman–Crippen LogP) is 4.39. The number of benzene rings is 2. The predicted molar refractivity (Wildman–Crippen MR) is 97.0 cm³/mol. The number of hydrogen-bond donors (Lipinski definition) is 0. The van der Waals surface area contributed by atoms with Crippen molar-refractivity contribution in [2.45, 2.75) is 12.8 Å². The Kier molecular flexibility index (Phi) is 5.11. The number of esters is 1. The van der Waals surface area contributed by atoms with Crippen LogP contribution in [0.1, 0.15) is 17.5 Å². The summed E-state index contributed by atoms with van der Waals surface area (Å²) >= 11 is 3.41. The molecule has 1 aliphatic rings. The average molecular weight is 386 g/mol. The number of nitrogens with zero attached hydrogens (tertiary/aromatic N) is 1. The fraction of sp³-hybridized carbons (Fsp3) is 0.158. The van der Waals surface area contributed by atoms with Crippen molar-refractivity contribution in [3.05, 3.63) is 69.8 Å². The molecule has 24 heavy (non-hydrogen) atoms. The molecule has 0 fully saturated rings. The number of rotatable bonds is 5. The number of hydrogen-bond acceptors (Lipinski definition) is 4. The number of cyclic esters (lactones) is 1. The molecule has 3 rings (SSSR count). The second-order valence-electron chi connectivity index (χ2n) is 5.33. The topological polar surface area (TPSA) is 47.9 Å². The molecule has 0 unspecified atom stereocenters. The minimum absolute atomic E-state index is 0.331. The molecule has 0 saturated heterocycles. The molecule has 2 aromatic carbocycles. The van der Waals surface area contributed by atoms with Gasteiger partial charge < -0.3 is 9.47 Å². The van der Waals surface area contributed by atoms with E-state index in [1.165, 1.54) is 0 Å². The Morgan fingerprint density at radius 2 is 1.96 bits per heavy atom. The molecule has 0 aliphatic carbocycles. The van der Waals surface area contributed by atoms with Crippen LogP contribution in [0.3, 0.4) is 0 Å². The Hall–Kier alpha value is -2.40. The van der Waals surface area contributed by atoms with Crippen molar-refractivity contribution in [3.63, 3.8) is 0 Å². The highest BCUT2D eigenvalue weighted by Crippen LogP contribution is 2.20. The molecule has 0 bridgehead atoms. The minimum atomic E-state index is -0.403. The first-order valence-electron chi connectivity index (χ1n) is 7.54. The Bertz CT molecular complexity index is 810. The van der Waals surface area contributed by atoms with Crippen LogP contribution in [0.15, 0.2) is 63.7 Å². The van der Waals surface area contributed by atoms with Gasteiger partial charge in [0.1, 0.15) is 5.75 Å². The number of carbonyl (C=O) groups is 1.